The predicted molar refractivity (Wildman–Crippen MR) is 82.0 cm³/mol. The van der Waals surface area contributed by atoms with Crippen molar-refractivity contribution in [2.75, 3.05) is 11.1 Å². The minimum absolute atomic E-state index is 0.217. The molecule has 0 aliphatic rings. The van der Waals surface area contributed by atoms with Gasteiger partial charge in [0.2, 0.25) is 0 Å². The number of nitrogens with one attached hydrogen (secondary N) is 1. The highest BCUT2D eigenvalue weighted by Gasteiger charge is 2.13. The summed E-state index contributed by atoms with van der Waals surface area (Å²) in [5.41, 5.74) is 7.64. The maximum Gasteiger partial charge on any atom is 0.259 e. The number of anilines is 2. The van der Waals surface area contributed by atoms with Gasteiger partial charge in [0.25, 0.3) is 5.91 Å². The van der Waals surface area contributed by atoms with E-state index in [0.717, 1.165) is 17.4 Å². The van der Waals surface area contributed by atoms with E-state index in [2.05, 4.69) is 15.4 Å². The number of hydrogen-bond acceptors (Lipinski definition) is 4. The second-order valence-electron chi connectivity index (χ2n) is 4.65. The molecule has 0 saturated carbocycles. The van der Waals surface area contributed by atoms with E-state index < -0.39 is 0 Å². The standard InChI is InChI=1S/C15H15N5O/c1-2-20-9-11(8-17-20)18-15(21)12-7-10-5-3-4-6-13(10)19-14(12)16/h3-9H,2H2,1H3,(H2,16,19)(H,18,21). The van der Waals surface area contributed by atoms with Crippen molar-refractivity contribution in [2.45, 2.75) is 13.5 Å². The van der Waals surface area contributed by atoms with Crippen LogP contribution in [0.5, 0.6) is 0 Å². The van der Waals surface area contributed by atoms with Crippen molar-refractivity contribution >= 4 is 28.3 Å². The van der Waals surface area contributed by atoms with Gasteiger partial charge in [-0.05, 0) is 19.1 Å². The molecule has 1 aromatic carbocycles. The summed E-state index contributed by atoms with van der Waals surface area (Å²) >= 11 is 0. The molecular formula is C15H15N5O. The maximum absolute atomic E-state index is 12.3. The average Bonchev–Trinajstić information content (AvgIpc) is 2.94. The van der Waals surface area contributed by atoms with Crippen LogP contribution in [0, 0.1) is 0 Å². The zero-order valence-electron chi connectivity index (χ0n) is 11.6. The quantitative estimate of drug-likeness (QED) is 0.771. The van der Waals surface area contributed by atoms with Gasteiger partial charge in [-0.2, -0.15) is 5.10 Å². The molecule has 2 heterocycles. The number of fused-ring (bicyclic) bond motifs is 1. The molecule has 21 heavy (non-hydrogen) atoms. The predicted octanol–water partition coefficient (Wildman–Crippen LogP) is 2.29. The minimum Gasteiger partial charge on any atom is -0.383 e. The van der Waals surface area contributed by atoms with Crippen molar-refractivity contribution in [1.29, 1.82) is 0 Å². The number of aromatic nitrogens is 3. The first kappa shape index (κ1) is 13.1. The van der Waals surface area contributed by atoms with Crippen molar-refractivity contribution in [3.8, 4) is 0 Å². The summed E-state index contributed by atoms with van der Waals surface area (Å²) in [5, 5.41) is 7.76. The molecule has 3 N–H and O–H groups in total. The number of amides is 1. The highest BCUT2D eigenvalue weighted by atomic mass is 16.1. The summed E-state index contributed by atoms with van der Waals surface area (Å²) in [6.45, 7) is 2.72. The summed E-state index contributed by atoms with van der Waals surface area (Å²) < 4.78 is 1.73. The number of para-hydroxylation sites is 1. The van der Waals surface area contributed by atoms with Gasteiger partial charge in [-0.1, -0.05) is 18.2 Å². The van der Waals surface area contributed by atoms with E-state index in [1.807, 2.05) is 31.2 Å². The molecule has 0 unspecified atom stereocenters. The summed E-state index contributed by atoms with van der Waals surface area (Å²) in [6, 6.07) is 9.28. The Morgan fingerprint density at radius 3 is 2.95 bits per heavy atom. The third-order valence-corrected chi connectivity index (χ3v) is 3.21. The van der Waals surface area contributed by atoms with E-state index in [-0.39, 0.29) is 11.7 Å². The zero-order valence-corrected chi connectivity index (χ0v) is 11.6. The molecule has 0 spiro atoms. The summed E-state index contributed by atoms with van der Waals surface area (Å²) in [7, 11) is 0. The second kappa shape index (κ2) is 5.24. The Kier molecular flexibility index (Phi) is 3.27. The molecule has 2 aromatic heterocycles. The molecule has 3 aromatic rings. The van der Waals surface area contributed by atoms with E-state index in [4.69, 9.17) is 5.73 Å². The minimum atomic E-state index is -0.290. The number of pyridine rings is 1. The molecule has 1 amide bonds. The van der Waals surface area contributed by atoms with Crippen molar-refractivity contribution in [2.24, 2.45) is 0 Å². The Morgan fingerprint density at radius 2 is 2.19 bits per heavy atom. The Bertz CT molecular complexity index is 809. The lowest BCUT2D eigenvalue weighted by atomic mass is 10.1. The normalized spacial score (nSPS) is 10.7. The third-order valence-electron chi connectivity index (χ3n) is 3.21. The fourth-order valence-corrected chi connectivity index (χ4v) is 2.11. The molecular weight excluding hydrogens is 266 g/mol. The fourth-order valence-electron chi connectivity index (χ4n) is 2.11. The van der Waals surface area contributed by atoms with E-state index in [1.165, 1.54) is 0 Å². The van der Waals surface area contributed by atoms with Crippen molar-refractivity contribution in [3.63, 3.8) is 0 Å². The number of hydrogen-bond donors (Lipinski definition) is 2. The lowest BCUT2D eigenvalue weighted by Crippen LogP contribution is -2.14. The molecule has 106 valence electrons. The second-order valence-corrected chi connectivity index (χ2v) is 4.65. The third kappa shape index (κ3) is 2.55. The Balaban J connectivity index is 1.91. The summed E-state index contributed by atoms with van der Waals surface area (Å²) in [4.78, 5) is 16.6. The highest BCUT2D eigenvalue weighted by Crippen LogP contribution is 2.19. The van der Waals surface area contributed by atoms with Gasteiger partial charge in [0.05, 0.1) is 23.0 Å². The Hall–Kier alpha value is -2.89. The largest absolute Gasteiger partial charge is 0.383 e. The molecule has 0 bridgehead atoms. The average molecular weight is 281 g/mol. The van der Waals surface area contributed by atoms with Gasteiger partial charge in [-0.15, -0.1) is 0 Å². The van der Waals surface area contributed by atoms with Gasteiger partial charge >= 0.3 is 0 Å². The molecule has 0 aliphatic heterocycles. The van der Waals surface area contributed by atoms with Crippen molar-refractivity contribution < 1.29 is 4.79 Å². The van der Waals surface area contributed by atoms with E-state index in [0.29, 0.717) is 11.3 Å². The molecule has 6 heteroatoms. The Labute approximate surface area is 121 Å². The van der Waals surface area contributed by atoms with Crippen LogP contribution in [-0.2, 0) is 6.54 Å². The molecule has 0 saturated heterocycles. The monoisotopic (exact) mass is 281 g/mol. The van der Waals surface area contributed by atoms with Crippen molar-refractivity contribution in [1.82, 2.24) is 14.8 Å². The maximum atomic E-state index is 12.3. The van der Waals surface area contributed by atoms with Crippen LogP contribution in [0.4, 0.5) is 11.5 Å². The topological polar surface area (TPSA) is 85.8 Å². The SMILES string of the molecule is CCn1cc(NC(=O)c2cc3ccccc3nc2N)cn1. The van der Waals surface area contributed by atoms with Gasteiger partial charge in [0.15, 0.2) is 0 Å². The van der Waals surface area contributed by atoms with Crippen molar-refractivity contribution in [3.05, 3.63) is 48.3 Å². The van der Waals surface area contributed by atoms with Gasteiger partial charge in [0.1, 0.15) is 5.82 Å². The van der Waals surface area contributed by atoms with Crippen LogP contribution in [0.1, 0.15) is 17.3 Å². The number of benzene rings is 1. The Morgan fingerprint density at radius 1 is 1.38 bits per heavy atom. The first-order valence-electron chi connectivity index (χ1n) is 6.66. The van der Waals surface area contributed by atoms with Crippen LogP contribution in [0.2, 0.25) is 0 Å². The summed E-state index contributed by atoms with van der Waals surface area (Å²) in [5.74, 6) is -0.0736. The lowest BCUT2D eigenvalue weighted by molar-refractivity contribution is 0.102. The van der Waals surface area contributed by atoms with Crippen LogP contribution in [0.3, 0.4) is 0 Å². The molecule has 0 atom stereocenters. The lowest BCUT2D eigenvalue weighted by Gasteiger charge is -2.07. The number of nitrogens with two attached hydrogens (primary N) is 1. The smallest absolute Gasteiger partial charge is 0.259 e. The van der Waals surface area contributed by atoms with Crippen LogP contribution in [0.15, 0.2) is 42.7 Å². The van der Waals surface area contributed by atoms with Crippen LogP contribution in [0.25, 0.3) is 10.9 Å². The van der Waals surface area contributed by atoms with Gasteiger partial charge in [-0.3, -0.25) is 9.48 Å². The summed E-state index contributed by atoms with van der Waals surface area (Å²) in [6.07, 6.45) is 3.37. The molecule has 0 fully saturated rings. The molecule has 0 radical (unpaired) electrons. The molecule has 0 aliphatic carbocycles. The zero-order chi connectivity index (χ0) is 14.8. The van der Waals surface area contributed by atoms with Gasteiger partial charge < -0.3 is 11.1 Å². The number of aryl methyl sites for hydroxylation is 1. The van der Waals surface area contributed by atoms with Crippen LogP contribution in [-0.4, -0.2) is 20.7 Å². The number of rotatable bonds is 3. The van der Waals surface area contributed by atoms with Gasteiger partial charge in [0, 0.05) is 18.1 Å². The number of nitrogens with zero attached hydrogens (tertiary/aromatic N) is 3. The van der Waals surface area contributed by atoms with Gasteiger partial charge in [-0.25, -0.2) is 4.98 Å². The fraction of sp³-hybridized carbons (Fsp3) is 0.133. The van der Waals surface area contributed by atoms with E-state index >= 15 is 0 Å². The molecule has 3 rings (SSSR count). The molecule has 6 nitrogen and oxygen atoms in total. The van der Waals surface area contributed by atoms with E-state index in [9.17, 15) is 4.79 Å². The number of nitrogen functional groups attached to an aromatic ring is 1. The highest BCUT2D eigenvalue weighted by molar-refractivity contribution is 6.09. The number of carbonyl (C=O) groups is 1. The first-order valence-corrected chi connectivity index (χ1v) is 6.66. The van der Waals surface area contributed by atoms with Crippen LogP contribution >= 0.6 is 0 Å². The number of carbonyl (C=O) groups excluding carboxylic acids is 1. The van der Waals surface area contributed by atoms with E-state index in [1.54, 1.807) is 23.1 Å². The first-order chi connectivity index (χ1) is 10.2. The van der Waals surface area contributed by atoms with Crippen LogP contribution < -0.4 is 11.1 Å².